The van der Waals surface area contributed by atoms with Crippen LogP contribution < -0.4 is 11.1 Å². The molecule has 5 nitrogen and oxygen atoms in total. The number of hydrogen-bond acceptors (Lipinski definition) is 4. The quantitative estimate of drug-likeness (QED) is 0.879. The second kappa shape index (κ2) is 5.33. The van der Waals surface area contributed by atoms with E-state index in [1.165, 1.54) is 0 Å². The summed E-state index contributed by atoms with van der Waals surface area (Å²) < 4.78 is 5.14. The van der Waals surface area contributed by atoms with Crippen LogP contribution in [-0.4, -0.2) is 17.6 Å². The number of nitrogens with one attached hydrogen (secondary N) is 1. The molecule has 0 spiro atoms. The van der Waals surface area contributed by atoms with Crippen molar-refractivity contribution in [1.29, 1.82) is 0 Å². The van der Waals surface area contributed by atoms with Gasteiger partial charge in [-0.3, -0.25) is 10.1 Å². The molecule has 1 saturated carbocycles. The summed E-state index contributed by atoms with van der Waals surface area (Å²) in [5.41, 5.74) is 7.11. The molecule has 1 fully saturated rings. The molecule has 3 N–H and O–H groups in total. The highest BCUT2D eigenvalue weighted by atomic mass is 16.5. The van der Waals surface area contributed by atoms with Gasteiger partial charge in [-0.2, -0.15) is 0 Å². The zero-order valence-electron chi connectivity index (χ0n) is 12.0. The predicted molar refractivity (Wildman–Crippen MR) is 73.7 cm³/mol. The van der Waals surface area contributed by atoms with E-state index < -0.39 is 5.41 Å². The zero-order valence-corrected chi connectivity index (χ0v) is 12.0. The number of rotatable bonds is 3. The van der Waals surface area contributed by atoms with Gasteiger partial charge in [0.1, 0.15) is 0 Å². The maximum absolute atomic E-state index is 12.5. The molecular weight excluding hydrogens is 242 g/mol. The minimum absolute atomic E-state index is 0.0267. The Hall–Kier alpha value is -1.36. The van der Waals surface area contributed by atoms with Crippen molar-refractivity contribution >= 4 is 11.8 Å². The summed E-state index contributed by atoms with van der Waals surface area (Å²) in [5, 5.41) is 6.71. The van der Waals surface area contributed by atoms with E-state index in [-0.39, 0.29) is 5.91 Å². The van der Waals surface area contributed by atoms with Crippen LogP contribution in [0.25, 0.3) is 0 Å². The Morgan fingerprint density at radius 1 is 1.47 bits per heavy atom. The first kappa shape index (κ1) is 14.1. The van der Waals surface area contributed by atoms with Gasteiger partial charge in [0.05, 0.1) is 11.1 Å². The smallest absolute Gasteiger partial charge is 0.234 e. The molecule has 0 radical (unpaired) electrons. The van der Waals surface area contributed by atoms with Gasteiger partial charge in [-0.15, -0.1) is 0 Å². The number of nitrogens with zero attached hydrogens (tertiary/aromatic N) is 1. The highest BCUT2D eigenvalue weighted by Crippen LogP contribution is 2.39. The standard InChI is InChI=1S/C14H23N3O2/c1-9-4-6-14(8-15,7-5-9)13(18)16-12-10(2)11(3)17-19-12/h9H,4-8,15H2,1-3H3,(H,16,18). The second-order valence-electron chi connectivity index (χ2n) is 5.84. The molecule has 5 heteroatoms. The normalized spacial score (nSPS) is 27.3. The third-order valence-electron chi connectivity index (χ3n) is 4.49. The lowest BCUT2D eigenvalue weighted by Gasteiger charge is -2.36. The summed E-state index contributed by atoms with van der Waals surface area (Å²) in [6, 6.07) is 0. The maximum atomic E-state index is 12.5. The van der Waals surface area contributed by atoms with Gasteiger partial charge in [-0.25, -0.2) is 0 Å². The summed E-state index contributed by atoms with van der Waals surface area (Å²) in [7, 11) is 0. The molecule has 2 rings (SSSR count). The van der Waals surface area contributed by atoms with Crippen molar-refractivity contribution in [2.75, 3.05) is 11.9 Å². The number of aromatic nitrogens is 1. The molecule has 0 aromatic carbocycles. The van der Waals surface area contributed by atoms with Gasteiger partial charge in [0, 0.05) is 12.1 Å². The molecular formula is C14H23N3O2. The van der Waals surface area contributed by atoms with Crippen molar-refractivity contribution in [1.82, 2.24) is 5.16 Å². The molecule has 19 heavy (non-hydrogen) atoms. The maximum Gasteiger partial charge on any atom is 0.234 e. The van der Waals surface area contributed by atoms with Gasteiger partial charge in [0.15, 0.2) is 0 Å². The Morgan fingerprint density at radius 2 is 2.11 bits per heavy atom. The van der Waals surface area contributed by atoms with E-state index in [2.05, 4.69) is 17.4 Å². The van der Waals surface area contributed by atoms with E-state index in [0.717, 1.165) is 36.9 Å². The van der Waals surface area contributed by atoms with E-state index in [1.54, 1.807) is 0 Å². The third-order valence-corrected chi connectivity index (χ3v) is 4.49. The molecule has 1 aromatic heterocycles. The number of amides is 1. The molecule has 0 bridgehead atoms. The second-order valence-corrected chi connectivity index (χ2v) is 5.84. The number of hydrogen-bond donors (Lipinski definition) is 2. The first-order valence-electron chi connectivity index (χ1n) is 6.93. The van der Waals surface area contributed by atoms with Crippen LogP contribution in [0.3, 0.4) is 0 Å². The minimum atomic E-state index is -0.445. The lowest BCUT2D eigenvalue weighted by Crippen LogP contribution is -2.44. The summed E-state index contributed by atoms with van der Waals surface area (Å²) in [5.74, 6) is 1.11. The van der Waals surface area contributed by atoms with Gasteiger partial charge < -0.3 is 10.3 Å². The van der Waals surface area contributed by atoms with Gasteiger partial charge in [-0.05, 0) is 45.4 Å². The van der Waals surface area contributed by atoms with E-state index in [0.29, 0.717) is 18.3 Å². The largest absolute Gasteiger partial charge is 0.338 e. The third kappa shape index (κ3) is 2.66. The molecule has 1 aliphatic carbocycles. The number of carbonyl (C=O) groups is 1. The van der Waals surface area contributed by atoms with Gasteiger partial charge in [0.25, 0.3) is 0 Å². The first-order chi connectivity index (χ1) is 8.98. The van der Waals surface area contributed by atoms with Crippen molar-refractivity contribution < 1.29 is 9.32 Å². The van der Waals surface area contributed by atoms with E-state index >= 15 is 0 Å². The van der Waals surface area contributed by atoms with Crippen LogP contribution in [0.4, 0.5) is 5.88 Å². The molecule has 1 heterocycles. The summed E-state index contributed by atoms with van der Waals surface area (Å²) >= 11 is 0. The summed E-state index contributed by atoms with van der Waals surface area (Å²) in [4.78, 5) is 12.5. The Morgan fingerprint density at radius 3 is 2.58 bits per heavy atom. The molecule has 0 unspecified atom stereocenters. The minimum Gasteiger partial charge on any atom is -0.338 e. The van der Waals surface area contributed by atoms with Gasteiger partial charge in [0.2, 0.25) is 11.8 Å². The Labute approximate surface area is 113 Å². The number of aryl methyl sites for hydroxylation is 1. The Kier molecular flexibility index (Phi) is 3.94. The number of anilines is 1. The fraction of sp³-hybridized carbons (Fsp3) is 0.714. The van der Waals surface area contributed by atoms with Gasteiger partial charge in [-0.1, -0.05) is 12.1 Å². The van der Waals surface area contributed by atoms with Crippen molar-refractivity contribution in [2.24, 2.45) is 17.1 Å². The van der Waals surface area contributed by atoms with Crippen LogP contribution >= 0.6 is 0 Å². The van der Waals surface area contributed by atoms with Crippen LogP contribution in [0.15, 0.2) is 4.52 Å². The van der Waals surface area contributed by atoms with Crippen LogP contribution in [0.1, 0.15) is 43.9 Å². The molecule has 1 aromatic rings. The van der Waals surface area contributed by atoms with E-state index in [9.17, 15) is 4.79 Å². The molecule has 0 saturated heterocycles. The Bertz CT molecular complexity index is 459. The predicted octanol–water partition coefficient (Wildman–Crippen LogP) is 2.39. The molecule has 1 amide bonds. The SMILES string of the molecule is Cc1noc(NC(=O)C2(CN)CCC(C)CC2)c1C. The highest BCUT2D eigenvalue weighted by Gasteiger charge is 2.40. The van der Waals surface area contributed by atoms with Crippen LogP contribution in [0.2, 0.25) is 0 Å². The average Bonchev–Trinajstić information content (AvgIpc) is 2.72. The topological polar surface area (TPSA) is 81.2 Å². The van der Waals surface area contributed by atoms with Crippen molar-refractivity contribution in [3.05, 3.63) is 11.3 Å². The molecule has 106 valence electrons. The van der Waals surface area contributed by atoms with Crippen LogP contribution in [-0.2, 0) is 4.79 Å². The summed E-state index contributed by atoms with van der Waals surface area (Å²) in [6.45, 7) is 6.36. The van der Waals surface area contributed by atoms with Crippen LogP contribution in [0, 0.1) is 25.2 Å². The summed E-state index contributed by atoms with van der Waals surface area (Å²) in [6.07, 6.45) is 3.81. The lowest BCUT2D eigenvalue weighted by molar-refractivity contribution is -0.127. The Balaban J connectivity index is 2.11. The fourth-order valence-corrected chi connectivity index (χ4v) is 2.61. The van der Waals surface area contributed by atoms with Gasteiger partial charge >= 0.3 is 0 Å². The number of nitrogens with two attached hydrogens (primary N) is 1. The molecule has 1 aliphatic rings. The molecule has 0 atom stereocenters. The van der Waals surface area contributed by atoms with Crippen molar-refractivity contribution in [3.63, 3.8) is 0 Å². The number of carbonyl (C=O) groups excluding carboxylic acids is 1. The van der Waals surface area contributed by atoms with Crippen molar-refractivity contribution in [2.45, 2.75) is 46.5 Å². The van der Waals surface area contributed by atoms with Crippen molar-refractivity contribution in [3.8, 4) is 0 Å². The van der Waals surface area contributed by atoms with Crippen LogP contribution in [0.5, 0.6) is 0 Å². The first-order valence-corrected chi connectivity index (χ1v) is 6.93. The fourth-order valence-electron chi connectivity index (χ4n) is 2.61. The average molecular weight is 265 g/mol. The van der Waals surface area contributed by atoms with E-state index in [1.807, 2.05) is 13.8 Å². The highest BCUT2D eigenvalue weighted by molar-refractivity contribution is 5.95. The molecule has 0 aliphatic heterocycles. The lowest BCUT2D eigenvalue weighted by atomic mass is 9.70. The zero-order chi connectivity index (χ0) is 14.0. The van der Waals surface area contributed by atoms with E-state index in [4.69, 9.17) is 10.3 Å². The monoisotopic (exact) mass is 265 g/mol.